The average Bonchev–Trinajstić information content (AvgIpc) is 2.69. The van der Waals surface area contributed by atoms with E-state index in [-0.39, 0.29) is 11.3 Å². The number of benzene rings is 3. The largest absolute Gasteiger partial charge is 0.274 e. The van der Waals surface area contributed by atoms with Crippen LogP contribution in [0.4, 0.5) is 4.39 Å². The second kappa shape index (κ2) is 8.33. The third-order valence-electron chi connectivity index (χ3n) is 4.13. The Labute approximate surface area is 163 Å². The maximum Gasteiger partial charge on any atom is 0.269 e. The third kappa shape index (κ3) is 4.82. The highest BCUT2D eigenvalue weighted by molar-refractivity contribution is 7.88. The SMILES string of the molecule is Cc1cc(-c2ccccc2)cc(C(=O)NNS(=O)(=O)Cc2ccccc2)c1F. The van der Waals surface area contributed by atoms with E-state index in [0.29, 0.717) is 16.7 Å². The van der Waals surface area contributed by atoms with Gasteiger partial charge in [-0.1, -0.05) is 60.7 Å². The van der Waals surface area contributed by atoms with E-state index in [1.165, 1.54) is 6.07 Å². The van der Waals surface area contributed by atoms with Gasteiger partial charge in [-0.25, -0.2) is 12.8 Å². The van der Waals surface area contributed by atoms with Gasteiger partial charge in [-0.05, 0) is 41.3 Å². The lowest BCUT2D eigenvalue weighted by molar-refractivity contribution is 0.0941. The van der Waals surface area contributed by atoms with Gasteiger partial charge in [-0.3, -0.25) is 10.2 Å². The summed E-state index contributed by atoms with van der Waals surface area (Å²) < 4.78 is 38.8. The number of halogens is 1. The van der Waals surface area contributed by atoms with Crippen LogP contribution in [-0.2, 0) is 15.8 Å². The zero-order valence-corrected chi connectivity index (χ0v) is 16.0. The molecule has 2 N–H and O–H groups in total. The van der Waals surface area contributed by atoms with E-state index in [4.69, 9.17) is 0 Å². The molecule has 3 aromatic rings. The number of carbonyl (C=O) groups excluding carboxylic acids is 1. The quantitative estimate of drug-likeness (QED) is 0.624. The molecule has 0 heterocycles. The van der Waals surface area contributed by atoms with E-state index in [1.54, 1.807) is 43.3 Å². The van der Waals surface area contributed by atoms with Crippen LogP contribution in [0.2, 0.25) is 0 Å². The monoisotopic (exact) mass is 398 g/mol. The van der Waals surface area contributed by atoms with Crippen molar-refractivity contribution in [2.24, 2.45) is 0 Å². The first kappa shape index (κ1) is 19.7. The Kier molecular flexibility index (Phi) is 5.87. The number of rotatable bonds is 6. The zero-order valence-electron chi connectivity index (χ0n) is 15.1. The number of hydrogen-bond donors (Lipinski definition) is 2. The van der Waals surface area contributed by atoms with Crippen LogP contribution in [0.1, 0.15) is 21.5 Å². The summed E-state index contributed by atoms with van der Waals surface area (Å²) in [7, 11) is -3.83. The molecule has 3 rings (SSSR count). The first-order chi connectivity index (χ1) is 13.4. The maximum absolute atomic E-state index is 14.5. The molecule has 0 bridgehead atoms. The minimum atomic E-state index is -3.83. The Hall–Kier alpha value is -3.03. The molecule has 0 aliphatic heterocycles. The molecule has 5 nitrogen and oxygen atoms in total. The zero-order chi connectivity index (χ0) is 20.1. The van der Waals surface area contributed by atoms with Crippen molar-refractivity contribution < 1.29 is 17.6 Å². The summed E-state index contributed by atoms with van der Waals surface area (Å²) in [6.07, 6.45) is 0. The number of hydrogen-bond acceptors (Lipinski definition) is 3. The molecule has 0 radical (unpaired) electrons. The van der Waals surface area contributed by atoms with Crippen molar-refractivity contribution in [2.75, 3.05) is 0 Å². The van der Waals surface area contributed by atoms with Gasteiger partial charge in [0.25, 0.3) is 5.91 Å². The van der Waals surface area contributed by atoms with Crippen molar-refractivity contribution >= 4 is 15.9 Å². The van der Waals surface area contributed by atoms with Crippen LogP contribution in [-0.4, -0.2) is 14.3 Å². The number of hydrazine groups is 1. The molecule has 0 fully saturated rings. The molecular formula is C21H19FN2O3S. The lowest BCUT2D eigenvalue weighted by Gasteiger charge is -2.12. The fraction of sp³-hybridized carbons (Fsp3) is 0.0952. The first-order valence-corrected chi connectivity index (χ1v) is 10.2. The molecule has 0 aromatic heterocycles. The number of aryl methyl sites for hydroxylation is 1. The molecule has 0 saturated heterocycles. The summed E-state index contributed by atoms with van der Waals surface area (Å²) in [5.74, 6) is -1.87. The molecule has 144 valence electrons. The van der Waals surface area contributed by atoms with Crippen molar-refractivity contribution in [2.45, 2.75) is 12.7 Å². The molecule has 0 aliphatic carbocycles. The van der Waals surface area contributed by atoms with Gasteiger partial charge >= 0.3 is 0 Å². The summed E-state index contributed by atoms with van der Waals surface area (Å²) in [6.45, 7) is 1.55. The first-order valence-electron chi connectivity index (χ1n) is 8.55. The average molecular weight is 398 g/mol. The fourth-order valence-electron chi connectivity index (χ4n) is 2.75. The Balaban J connectivity index is 1.78. The van der Waals surface area contributed by atoms with Crippen LogP contribution < -0.4 is 10.3 Å². The highest BCUT2D eigenvalue weighted by Gasteiger charge is 2.18. The molecule has 0 unspecified atom stereocenters. The Morgan fingerprint density at radius 2 is 1.54 bits per heavy atom. The summed E-state index contributed by atoms with van der Waals surface area (Å²) >= 11 is 0. The second-order valence-electron chi connectivity index (χ2n) is 6.32. The van der Waals surface area contributed by atoms with E-state index < -0.39 is 21.7 Å². The minimum absolute atomic E-state index is 0.235. The molecule has 7 heteroatoms. The van der Waals surface area contributed by atoms with E-state index in [2.05, 4.69) is 5.43 Å². The predicted molar refractivity (Wildman–Crippen MR) is 106 cm³/mol. The molecule has 28 heavy (non-hydrogen) atoms. The fourth-order valence-corrected chi connectivity index (χ4v) is 3.70. The second-order valence-corrected chi connectivity index (χ2v) is 8.04. The lowest BCUT2D eigenvalue weighted by atomic mass is 9.99. The van der Waals surface area contributed by atoms with Crippen LogP contribution >= 0.6 is 0 Å². The van der Waals surface area contributed by atoms with Crippen LogP contribution in [0.25, 0.3) is 11.1 Å². The number of sulfonamides is 1. The van der Waals surface area contributed by atoms with Crippen LogP contribution in [0.15, 0.2) is 72.8 Å². The third-order valence-corrected chi connectivity index (χ3v) is 5.25. The van der Waals surface area contributed by atoms with Crippen LogP contribution in [0.5, 0.6) is 0 Å². The minimum Gasteiger partial charge on any atom is -0.274 e. The smallest absolute Gasteiger partial charge is 0.269 e. The van der Waals surface area contributed by atoms with Gasteiger partial charge in [0, 0.05) is 0 Å². The van der Waals surface area contributed by atoms with Gasteiger partial charge < -0.3 is 0 Å². The van der Waals surface area contributed by atoms with E-state index in [9.17, 15) is 17.6 Å². The normalized spacial score (nSPS) is 11.2. The van der Waals surface area contributed by atoms with Crippen LogP contribution in [0.3, 0.4) is 0 Å². The van der Waals surface area contributed by atoms with Gasteiger partial charge in [0.1, 0.15) is 5.82 Å². The van der Waals surface area contributed by atoms with Crippen molar-refractivity contribution in [3.63, 3.8) is 0 Å². The number of carbonyl (C=O) groups is 1. The van der Waals surface area contributed by atoms with Crippen molar-refractivity contribution in [3.8, 4) is 11.1 Å². The maximum atomic E-state index is 14.5. The summed E-state index contributed by atoms with van der Waals surface area (Å²) in [5, 5.41) is 0. The Morgan fingerprint density at radius 1 is 0.929 bits per heavy atom. The molecular weight excluding hydrogens is 379 g/mol. The van der Waals surface area contributed by atoms with Crippen molar-refractivity contribution in [1.82, 2.24) is 10.3 Å². The summed E-state index contributed by atoms with van der Waals surface area (Å²) in [6, 6.07) is 20.8. The van der Waals surface area contributed by atoms with E-state index in [1.807, 2.05) is 35.2 Å². The number of nitrogens with one attached hydrogen (secondary N) is 2. The van der Waals surface area contributed by atoms with E-state index in [0.717, 1.165) is 5.56 Å². The van der Waals surface area contributed by atoms with Crippen LogP contribution in [0, 0.1) is 12.7 Å². The van der Waals surface area contributed by atoms with Gasteiger partial charge in [0.05, 0.1) is 11.3 Å². The summed E-state index contributed by atoms with van der Waals surface area (Å²) in [5.41, 5.74) is 4.20. The van der Waals surface area contributed by atoms with Gasteiger partial charge in [-0.2, -0.15) is 0 Å². The standard InChI is InChI=1S/C21H19FN2O3S/c1-15-12-18(17-10-6-3-7-11-17)13-19(20(15)22)21(25)23-24-28(26,27)14-16-8-4-2-5-9-16/h2-13,24H,14H2,1H3,(H,23,25). The molecule has 0 spiro atoms. The lowest BCUT2D eigenvalue weighted by Crippen LogP contribution is -2.42. The number of amides is 1. The molecule has 3 aromatic carbocycles. The summed E-state index contributed by atoms with van der Waals surface area (Å²) in [4.78, 5) is 14.4. The molecule has 0 aliphatic rings. The van der Waals surface area contributed by atoms with Crippen molar-refractivity contribution in [1.29, 1.82) is 0 Å². The van der Waals surface area contributed by atoms with Crippen molar-refractivity contribution in [3.05, 3.63) is 95.3 Å². The molecule has 0 atom stereocenters. The predicted octanol–water partition coefficient (Wildman–Crippen LogP) is 3.57. The topological polar surface area (TPSA) is 75.3 Å². The van der Waals surface area contributed by atoms with Gasteiger partial charge in [0.2, 0.25) is 10.0 Å². The highest BCUT2D eigenvalue weighted by atomic mass is 32.2. The Morgan fingerprint density at radius 3 is 2.18 bits per heavy atom. The highest BCUT2D eigenvalue weighted by Crippen LogP contribution is 2.24. The Bertz CT molecular complexity index is 1090. The molecule has 0 saturated carbocycles. The van der Waals surface area contributed by atoms with Gasteiger partial charge in [0.15, 0.2) is 0 Å². The molecule has 1 amide bonds. The van der Waals surface area contributed by atoms with Gasteiger partial charge in [-0.15, -0.1) is 4.83 Å². The van der Waals surface area contributed by atoms with E-state index >= 15 is 0 Å².